The lowest BCUT2D eigenvalue weighted by atomic mass is 10.0. The van der Waals surface area contributed by atoms with Gasteiger partial charge in [-0.3, -0.25) is 14.9 Å². The van der Waals surface area contributed by atoms with Gasteiger partial charge in [-0.1, -0.05) is 24.3 Å². The molecule has 0 bridgehead atoms. The van der Waals surface area contributed by atoms with E-state index in [4.69, 9.17) is 4.98 Å². The Hall–Kier alpha value is -5.26. The molecule has 39 heavy (non-hydrogen) atoms. The number of aromatic nitrogens is 4. The van der Waals surface area contributed by atoms with E-state index in [9.17, 15) is 14.4 Å². The van der Waals surface area contributed by atoms with E-state index >= 15 is 0 Å². The van der Waals surface area contributed by atoms with Gasteiger partial charge >= 0.3 is 6.03 Å². The first-order chi connectivity index (χ1) is 18.9. The van der Waals surface area contributed by atoms with Gasteiger partial charge in [-0.2, -0.15) is 9.61 Å². The van der Waals surface area contributed by atoms with Crippen molar-refractivity contribution in [1.29, 1.82) is 0 Å². The highest BCUT2D eigenvalue weighted by Crippen LogP contribution is 2.29. The molecule has 196 valence electrons. The number of pyridine rings is 1. The molecule has 6 rings (SSSR count). The Morgan fingerprint density at radius 1 is 1.10 bits per heavy atom. The maximum absolute atomic E-state index is 12.1. The highest BCUT2D eigenvalue weighted by molar-refractivity contribution is 6.14. The number of fused-ring (bicyclic) bond motifs is 1. The number of imide groups is 1. The molecule has 2 fully saturated rings. The van der Waals surface area contributed by atoms with E-state index in [1.165, 1.54) is 6.92 Å². The molecule has 3 aromatic heterocycles. The molecule has 4 heterocycles. The highest BCUT2D eigenvalue weighted by atomic mass is 16.2. The van der Waals surface area contributed by atoms with Crippen LogP contribution in [0.15, 0.2) is 60.6 Å². The summed E-state index contributed by atoms with van der Waals surface area (Å²) in [6.07, 6.45) is 7.07. The van der Waals surface area contributed by atoms with Gasteiger partial charge in [0.2, 0.25) is 5.91 Å². The number of hydrogen-bond donors (Lipinski definition) is 5. The molecule has 0 spiro atoms. The summed E-state index contributed by atoms with van der Waals surface area (Å²) >= 11 is 0. The molecule has 0 atom stereocenters. The van der Waals surface area contributed by atoms with Crippen molar-refractivity contribution in [3.63, 3.8) is 0 Å². The second-order valence-electron chi connectivity index (χ2n) is 9.37. The van der Waals surface area contributed by atoms with Gasteiger partial charge in [0.05, 0.1) is 6.20 Å². The number of anilines is 3. The first-order valence-corrected chi connectivity index (χ1v) is 12.5. The van der Waals surface area contributed by atoms with Crippen LogP contribution in [0.1, 0.15) is 30.9 Å². The van der Waals surface area contributed by atoms with E-state index in [0.29, 0.717) is 35.4 Å². The molecule has 0 unspecified atom stereocenters. The van der Waals surface area contributed by atoms with Crippen LogP contribution in [0.25, 0.3) is 22.9 Å². The molecule has 12 nitrogen and oxygen atoms in total. The van der Waals surface area contributed by atoms with Crippen LogP contribution in [0.2, 0.25) is 0 Å². The smallest absolute Gasteiger partial charge is 0.326 e. The Kier molecular flexibility index (Phi) is 6.11. The minimum atomic E-state index is -0.562. The minimum absolute atomic E-state index is 0.138. The summed E-state index contributed by atoms with van der Waals surface area (Å²) < 4.78 is 1.70. The predicted molar refractivity (Wildman–Crippen MR) is 146 cm³/mol. The summed E-state index contributed by atoms with van der Waals surface area (Å²) in [5.41, 5.74) is 4.22. The molecule has 1 saturated heterocycles. The number of urea groups is 1. The van der Waals surface area contributed by atoms with Gasteiger partial charge in [0.15, 0.2) is 5.65 Å². The van der Waals surface area contributed by atoms with E-state index < -0.39 is 11.9 Å². The number of amides is 4. The maximum atomic E-state index is 12.1. The summed E-state index contributed by atoms with van der Waals surface area (Å²) in [4.78, 5) is 44.0. The SMILES string of the molecule is CC(=O)Nc1ccc(-c2ccccc2CNc2cc(NC3CC3)n3ncc(/C=C4\NC(=O)NC4=O)c3n2)cn1. The zero-order chi connectivity index (χ0) is 26.9. The summed E-state index contributed by atoms with van der Waals surface area (Å²) in [5.74, 6) is 1.23. The van der Waals surface area contributed by atoms with Gasteiger partial charge in [0, 0.05) is 42.9 Å². The molecule has 4 amide bonds. The molecular formula is C27H25N9O3. The first-order valence-electron chi connectivity index (χ1n) is 12.5. The van der Waals surface area contributed by atoms with Gasteiger partial charge in [-0.05, 0) is 42.2 Å². The average Bonchev–Trinajstić information content (AvgIpc) is 3.55. The van der Waals surface area contributed by atoms with Crippen molar-refractivity contribution in [3.8, 4) is 11.1 Å². The molecule has 1 saturated carbocycles. The summed E-state index contributed by atoms with van der Waals surface area (Å²) in [7, 11) is 0. The number of carbonyl (C=O) groups is 3. The predicted octanol–water partition coefficient (Wildman–Crippen LogP) is 3.12. The third-order valence-electron chi connectivity index (χ3n) is 6.30. The van der Waals surface area contributed by atoms with Crippen LogP contribution in [0.4, 0.5) is 22.2 Å². The van der Waals surface area contributed by atoms with Gasteiger partial charge in [-0.15, -0.1) is 0 Å². The molecule has 4 aromatic rings. The van der Waals surface area contributed by atoms with Crippen LogP contribution in [0.3, 0.4) is 0 Å². The Labute approximate surface area is 222 Å². The first kappa shape index (κ1) is 24.1. The number of nitrogens with one attached hydrogen (secondary N) is 5. The fraction of sp³-hybridized carbons (Fsp3) is 0.185. The van der Waals surface area contributed by atoms with Crippen molar-refractivity contribution in [2.45, 2.75) is 32.4 Å². The quantitative estimate of drug-likeness (QED) is 0.174. The topological polar surface area (TPSA) is 154 Å². The van der Waals surface area contributed by atoms with E-state index in [0.717, 1.165) is 35.3 Å². The number of hydrogen-bond acceptors (Lipinski definition) is 8. The largest absolute Gasteiger partial charge is 0.367 e. The van der Waals surface area contributed by atoms with Crippen LogP contribution >= 0.6 is 0 Å². The lowest BCUT2D eigenvalue weighted by molar-refractivity contribution is -0.116. The van der Waals surface area contributed by atoms with Crippen LogP contribution < -0.4 is 26.6 Å². The Morgan fingerprint density at radius 2 is 1.95 bits per heavy atom. The zero-order valence-corrected chi connectivity index (χ0v) is 21.0. The van der Waals surface area contributed by atoms with Gasteiger partial charge < -0.3 is 21.3 Å². The molecular weight excluding hydrogens is 498 g/mol. The van der Waals surface area contributed by atoms with Gasteiger partial charge in [0.1, 0.15) is 23.2 Å². The van der Waals surface area contributed by atoms with Crippen molar-refractivity contribution < 1.29 is 14.4 Å². The van der Waals surface area contributed by atoms with Crippen molar-refractivity contribution in [1.82, 2.24) is 30.2 Å². The van der Waals surface area contributed by atoms with Crippen molar-refractivity contribution in [3.05, 3.63) is 71.7 Å². The lowest BCUT2D eigenvalue weighted by Crippen LogP contribution is -2.22. The van der Waals surface area contributed by atoms with E-state index in [1.54, 1.807) is 29.1 Å². The van der Waals surface area contributed by atoms with Crippen LogP contribution in [0, 0.1) is 0 Å². The van der Waals surface area contributed by atoms with Crippen LogP contribution in [-0.4, -0.2) is 43.5 Å². The molecule has 5 N–H and O–H groups in total. The highest BCUT2D eigenvalue weighted by Gasteiger charge is 2.25. The molecule has 2 aliphatic rings. The summed E-state index contributed by atoms with van der Waals surface area (Å²) in [6.45, 7) is 1.93. The number of nitrogens with zero attached hydrogens (tertiary/aromatic N) is 4. The molecule has 0 radical (unpaired) electrons. The van der Waals surface area contributed by atoms with Gasteiger partial charge in [0.25, 0.3) is 5.91 Å². The Bertz CT molecular complexity index is 1640. The maximum Gasteiger partial charge on any atom is 0.326 e. The van der Waals surface area contributed by atoms with E-state index in [-0.39, 0.29) is 11.6 Å². The van der Waals surface area contributed by atoms with Crippen molar-refractivity contribution in [2.75, 3.05) is 16.0 Å². The number of rotatable bonds is 8. The molecule has 1 aromatic carbocycles. The minimum Gasteiger partial charge on any atom is -0.367 e. The fourth-order valence-corrected chi connectivity index (χ4v) is 4.30. The standard InChI is InChI=1S/C27H25N9O3/c1-15(37)31-22-9-6-17(13-28-22)20-5-3-2-4-16(20)12-29-23-11-24(32-19-7-8-19)36-25(34-23)18(14-30-36)10-21-26(38)35-27(39)33-21/h2-6,9-11,13-14,19,32H,7-8,12H2,1H3,(H,29,34)(H,28,31,37)(H2,33,35,38,39)/b21-10-. The molecule has 1 aliphatic heterocycles. The summed E-state index contributed by atoms with van der Waals surface area (Å²) in [6, 6.07) is 13.4. The number of carbonyl (C=O) groups excluding carboxylic acids is 3. The van der Waals surface area contributed by atoms with Gasteiger partial charge in [-0.25, -0.2) is 14.8 Å². The zero-order valence-electron chi connectivity index (χ0n) is 21.0. The summed E-state index contributed by atoms with van der Waals surface area (Å²) in [5, 5.41) is 18.8. The fourth-order valence-electron chi connectivity index (χ4n) is 4.30. The molecule has 12 heteroatoms. The third-order valence-corrected chi connectivity index (χ3v) is 6.30. The Morgan fingerprint density at radius 3 is 2.67 bits per heavy atom. The van der Waals surface area contributed by atoms with Crippen molar-refractivity contribution >= 4 is 47.0 Å². The number of benzene rings is 1. The lowest BCUT2D eigenvalue weighted by Gasteiger charge is -2.14. The van der Waals surface area contributed by atoms with E-state index in [1.807, 2.05) is 36.4 Å². The Balaban J connectivity index is 1.29. The van der Waals surface area contributed by atoms with E-state index in [2.05, 4.69) is 36.7 Å². The molecule has 1 aliphatic carbocycles. The van der Waals surface area contributed by atoms with Crippen LogP contribution in [0.5, 0.6) is 0 Å². The normalized spacial score (nSPS) is 15.8. The second kappa shape index (κ2) is 9.89. The second-order valence-corrected chi connectivity index (χ2v) is 9.37. The average molecular weight is 524 g/mol. The third kappa shape index (κ3) is 5.25. The monoisotopic (exact) mass is 523 g/mol. The van der Waals surface area contributed by atoms with Crippen molar-refractivity contribution in [2.24, 2.45) is 0 Å². The van der Waals surface area contributed by atoms with Crippen LogP contribution in [-0.2, 0) is 16.1 Å².